The highest BCUT2D eigenvalue weighted by molar-refractivity contribution is 5.16. The fourth-order valence-corrected chi connectivity index (χ4v) is 2.27. The Hall–Kier alpha value is -0.830. The lowest BCUT2D eigenvalue weighted by Crippen LogP contribution is -2.17. The number of aryl methyl sites for hydroxylation is 1. The number of aliphatic hydroxyl groups excluding tert-OH is 1. The van der Waals surface area contributed by atoms with Gasteiger partial charge in [-0.15, -0.1) is 0 Å². The average Bonchev–Trinajstić information content (AvgIpc) is 2.85. The summed E-state index contributed by atoms with van der Waals surface area (Å²) in [5.41, 5.74) is 2.60. The molecule has 84 valence electrons. The number of rotatable bonds is 4. The highest BCUT2D eigenvalue weighted by atomic mass is 16.3. The monoisotopic (exact) mass is 208 g/mol. The van der Waals surface area contributed by atoms with Crippen molar-refractivity contribution < 1.29 is 5.11 Å². The highest BCUT2D eigenvalue weighted by Gasteiger charge is 2.42. The zero-order chi connectivity index (χ0) is 11.1. The minimum absolute atomic E-state index is 0.163. The van der Waals surface area contributed by atoms with Crippen LogP contribution in [0.2, 0.25) is 0 Å². The van der Waals surface area contributed by atoms with Crippen LogP contribution >= 0.6 is 0 Å². The Labute approximate surface area is 91.1 Å². The van der Waals surface area contributed by atoms with E-state index in [0.29, 0.717) is 12.5 Å². The standard InChI is InChI=1S/C12H20N2O/c1-9(2)11-10(3)13-8-14(11)6-12(7-15)4-5-12/h8-9,15H,4-7H2,1-3H3. The van der Waals surface area contributed by atoms with E-state index in [1.165, 1.54) is 5.69 Å². The first kappa shape index (κ1) is 10.7. The lowest BCUT2D eigenvalue weighted by atomic mass is 10.1. The van der Waals surface area contributed by atoms with Gasteiger partial charge in [-0.3, -0.25) is 0 Å². The Balaban J connectivity index is 2.21. The van der Waals surface area contributed by atoms with Crippen LogP contribution in [0.15, 0.2) is 6.33 Å². The van der Waals surface area contributed by atoms with Crippen molar-refractivity contribution in [3.8, 4) is 0 Å². The first-order valence-corrected chi connectivity index (χ1v) is 5.70. The Kier molecular flexibility index (Phi) is 2.59. The van der Waals surface area contributed by atoms with Crippen LogP contribution in [0.4, 0.5) is 0 Å². The van der Waals surface area contributed by atoms with Gasteiger partial charge in [0.1, 0.15) is 0 Å². The van der Waals surface area contributed by atoms with Gasteiger partial charge in [0.25, 0.3) is 0 Å². The molecule has 2 rings (SSSR count). The molecule has 15 heavy (non-hydrogen) atoms. The largest absolute Gasteiger partial charge is 0.396 e. The van der Waals surface area contributed by atoms with Gasteiger partial charge < -0.3 is 9.67 Å². The van der Waals surface area contributed by atoms with Crippen LogP contribution < -0.4 is 0 Å². The van der Waals surface area contributed by atoms with Crippen molar-refractivity contribution in [2.75, 3.05) is 6.61 Å². The Bertz CT molecular complexity index is 351. The van der Waals surface area contributed by atoms with Crippen LogP contribution in [-0.4, -0.2) is 21.3 Å². The van der Waals surface area contributed by atoms with Crippen molar-refractivity contribution in [1.29, 1.82) is 0 Å². The van der Waals surface area contributed by atoms with Gasteiger partial charge in [-0.05, 0) is 25.7 Å². The molecule has 3 heteroatoms. The third-order valence-electron chi connectivity index (χ3n) is 3.42. The molecular weight excluding hydrogens is 188 g/mol. The minimum atomic E-state index is 0.163. The predicted octanol–water partition coefficient (Wildman–Crippen LogP) is 2.09. The third-order valence-corrected chi connectivity index (χ3v) is 3.42. The molecule has 0 aliphatic heterocycles. The van der Waals surface area contributed by atoms with Crippen molar-refractivity contribution in [2.24, 2.45) is 5.41 Å². The van der Waals surface area contributed by atoms with E-state index in [1.54, 1.807) is 0 Å². The molecular formula is C12H20N2O. The topological polar surface area (TPSA) is 38.0 Å². The first-order chi connectivity index (χ1) is 7.08. The number of hydrogen-bond donors (Lipinski definition) is 1. The molecule has 0 saturated heterocycles. The fraction of sp³-hybridized carbons (Fsp3) is 0.750. The molecule has 1 saturated carbocycles. The van der Waals surface area contributed by atoms with E-state index in [0.717, 1.165) is 25.1 Å². The SMILES string of the molecule is Cc1ncn(CC2(CO)CC2)c1C(C)C. The molecule has 1 aliphatic carbocycles. The maximum Gasteiger partial charge on any atom is 0.0951 e. The van der Waals surface area contributed by atoms with Crippen LogP contribution in [0, 0.1) is 12.3 Å². The summed E-state index contributed by atoms with van der Waals surface area (Å²) in [5.74, 6) is 0.502. The van der Waals surface area contributed by atoms with Crippen LogP contribution in [-0.2, 0) is 6.54 Å². The Morgan fingerprint density at radius 3 is 2.67 bits per heavy atom. The van der Waals surface area contributed by atoms with E-state index in [-0.39, 0.29) is 5.41 Å². The summed E-state index contributed by atoms with van der Waals surface area (Å²) in [4.78, 5) is 4.37. The summed E-state index contributed by atoms with van der Waals surface area (Å²) in [6.07, 6.45) is 4.22. The smallest absolute Gasteiger partial charge is 0.0951 e. The summed E-state index contributed by atoms with van der Waals surface area (Å²) >= 11 is 0. The second-order valence-corrected chi connectivity index (χ2v) is 5.16. The van der Waals surface area contributed by atoms with Gasteiger partial charge in [0.2, 0.25) is 0 Å². The van der Waals surface area contributed by atoms with Crippen molar-refractivity contribution >= 4 is 0 Å². The normalized spacial score (nSPS) is 18.5. The number of aliphatic hydroxyl groups is 1. The first-order valence-electron chi connectivity index (χ1n) is 5.70. The molecule has 1 fully saturated rings. The van der Waals surface area contributed by atoms with Gasteiger partial charge in [-0.25, -0.2) is 4.98 Å². The van der Waals surface area contributed by atoms with Crippen LogP contribution in [0.1, 0.15) is 44.0 Å². The third kappa shape index (κ3) is 1.93. The Morgan fingerprint density at radius 1 is 1.53 bits per heavy atom. The quantitative estimate of drug-likeness (QED) is 0.822. The van der Waals surface area contributed by atoms with Crippen molar-refractivity contribution in [3.05, 3.63) is 17.7 Å². The second-order valence-electron chi connectivity index (χ2n) is 5.16. The van der Waals surface area contributed by atoms with Crippen LogP contribution in [0.25, 0.3) is 0 Å². The number of hydrogen-bond acceptors (Lipinski definition) is 2. The summed E-state index contributed by atoms with van der Waals surface area (Å²) in [6.45, 7) is 7.68. The lowest BCUT2D eigenvalue weighted by molar-refractivity contribution is 0.193. The number of aromatic nitrogens is 2. The molecule has 0 atom stereocenters. The lowest BCUT2D eigenvalue weighted by Gasteiger charge is -2.17. The van der Waals surface area contributed by atoms with Crippen molar-refractivity contribution in [2.45, 2.75) is 46.1 Å². The second kappa shape index (κ2) is 3.63. The molecule has 1 aromatic heterocycles. The van der Waals surface area contributed by atoms with Gasteiger partial charge in [-0.2, -0.15) is 0 Å². The maximum absolute atomic E-state index is 9.32. The number of imidazole rings is 1. The van der Waals surface area contributed by atoms with Gasteiger partial charge in [0.15, 0.2) is 0 Å². The summed E-state index contributed by atoms with van der Waals surface area (Å²) < 4.78 is 2.23. The zero-order valence-corrected chi connectivity index (χ0v) is 9.82. The summed E-state index contributed by atoms with van der Waals surface area (Å²) in [7, 11) is 0. The molecule has 1 N–H and O–H groups in total. The van der Waals surface area contributed by atoms with Crippen molar-refractivity contribution in [3.63, 3.8) is 0 Å². The molecule has 1 aromatic rings. The van der Waals surface area contributed by atoms with E-state index in [4.69, 9.17) is 0 Å². The van der Waals surface area contributed by atoms with Crippen LogP contribution in [0.3, 0.4) is 0 Å². The van der Waals surface area contributed by atoms with Crippen molar-refractivity contribution in [1.82, 2.24) is 9.55 Å². The molecule has 0 spiro atoms. The van der Waals surface area contributed by atoms with Crippen LogP contribution in [0.5, 0.6) is 0 Å². The molecule has 0 bridgehead atoms. The van der Waals surface area contributed by atoms with Gasteiger partial charge >= 0.3 is 0 Å². The van der Waals surface area contributed by atoms with E-state index in [1.807, 2.05) is 6.33 Å². The summed E-state index contributed by atoms with van der Waals surface area (Å²) in [5, 5.41) is 9.32. The zero-order valence-electron chi connectivity index (χ0n) is 9.82. The highest BCUT2D eigenvalue weighted by Crippen LogP contribution is 2.47. The van der Waals surface area contributed by atoms with E-state index in [2.05, 4.69) is 30.3 Å². The van der Waals surface area contributed by atoms with E-state index < -0.39 is 0 Å². The predicted molar refractivity (Wildman–Crippen MR) is 59.8 cm³/mol. The summed E-state index contributed by atoms with van der Waals surface area (Å²) in [6, 6.07) is 0. The molecule has 1 heterocycles. The van der Waals surface area contributed by atoms with E-state index >= 15 is 0 Å². The van der Waals surface area contributed by atoms with Gasteiger partial charge in [0.05, 0.1) is 18.6 Å². The average molecular weight is 208 g/mol. The molecule has 0 amide bonds. The van der Waals surface area contributed by atoms with E-state index in [9.17, 15) is 5.11 Å². The fourth-order valence-electron chi connectivity index (χ4n) is 2.27. The molecule has 0 radical (unpaired) electrons. The Morgan fingerprint density at radius 2 is 2.20 bits per heavy atom. The maximum atomic E-state index is 9.32. The molecule has 0 unspecified atom stereocenters. The van der Waals surface area contributed by atoms with Gasteiger partial charge in [-0.1, -0.05) is 13.8 Å². The minimum Gasteiger partial charge on any atom is -0.396 e. The number of nitrogens with zero attached hydrogens (tertiary/aromatic N) is 2. The van der Waals surface area contributed by atoms with Gasteiger partial charge in [0, 0.05) is 17.7 Å². The molecule has 3 nitrogen and oxygen atoms in total. The molecule has 1 aliphatic rings. The molecule has 0 aromatic carbocycles.